The summed E-state index contributed by atoms with van der Waals surface area (Å²) >= 11 is 0. The Morgan fingerprint density at radius 3 is 2.19 bits per heavy atom. The Kier molecular flexibility index (Phi) is 12.8. The summed E-state index contributed by atoms with van der Waals surface area (Å²) in [5, 5.41) is 4.27. The van der Waals surface area contributed by atoms with Gasteiger partial charge in [0.1, 0.15) is 18.8 Å². The van der Waals surface area contributed by atoms with E-state index >= 15 is 0 Å². The third-order valence-electron chi connectivity index (χ3n) is 15.6. The van der Waals surface area contributed by atoms with Crippen LogP contribution in [-0.2, 0) is 23.9 Å². The number of esters is 1. The second-order valence-corrected chi connectivity index (χ2v) is 19.9. The highest BCUT2D eigenvalue weighted by Crippen LogP contribution is 2.67. The van der Waals surface area contributed by atoms with Crippen LogP contribution in [0.25, 0.3) is 21.8 Å². The molecule has 1 heterocycles. The lowest BCUT2D eigenvalue weighted by Gasteiger charge is -2.58. The van der Waals surface area contributed by atoms with Gasteiger partial charge in [-0.25, -0.2) is 13.8 Å². The van der Waals surface area contributed by atoms with E-state index in [2.05, 4.69) is 46.0 Å². The highest BCUT2D eigenvalue weighted by atomic mass is 19.1. The topological polar surface area (TPSA) is 104 Å². The number of rotatable bonds is 14. The minimum Gasteiger partial charge on any atom is -0.462 e. The highest BCUT2D eigenvalue weighted by Gasteiger charge is 2.59. The van der Waals surface area contributed by atoms with Gasteiger partial charge in [-0.3, -0.25) is 14.4 Å². The molecule has 0 spiro atoms. The lowest BCUT2D eigenvalue weighted by atomic mass is 9.47. The zero-order valence-corrected chi connectivity index (χ0v) is 36.4. The van der Waals surface area contributed by atoms with Crippen molar-refractivity contribution in [3.63, 3.8) is 0 Å². The number of carbonyl (C=O) groups is 4. The first-order valence-electron chi connectivity index (χ1n) is 22.6. The quantitative estimate of drug-likeness (QED) is 0.128. The van der Waals surface area contributed by atoms with Crippen molar-refractivity contribution in [2.45, 2.75) is 144 Å². The number of halogens is 1. The minimum absolute atomic E-state index is 0.0807. The molecule has 320 valence electrons. The van der Waals surface area contributed by atoms with Crippen molar-refractivity contribution in [3.05, 3.63) is 60.2 Å². The number of Topliss-reactive ketones (excluding diaryl/α,β-unsaturated/α-hetero) is 1. The van der Waals surface area contributed by atoms with Crippen LogP contribution in [0.1, 0.15) is 126 Å². The number of ketones is 1. The smallest absolute Gasteiger partial charge is 0.419 e. The van der Waals surface area contributed by atoms with Crippen LogP contribution in [0, 0.1) is 52.3 Å². The Morgan fingerprint density at radius 1 is 0.864 bits per heavy atom. The minimum atomic E-state index is -1.46. The summed E-state index contributed by atoms with van der Waals surface area (Å²) in [6.07, 6.45) is 12.2. The van der Waals surface area contributed by atoms with E-state index in [-0.39, 0.29) is 11.5 Å². The van der Waals surface area contributed by atoms with E-state index < -0.39 is 54.9 Å². The molecule has 8 nitrogen and oxygen atoms in total. The molecule has 0 aliphatic heterocycles. The number of nitrogens with one attached hydrogen (secondary N) is 1. The molecule has 3 fully saturated rings. The van der Waals surface area contributed by atoms with Gasteiger partial charge in [0.2, 0.25) is 0 Å². The molecule has 4 aliphatic rings. The summed E-state index contributed by atoms with van der Waals surface area (Å²) in [7, 11) is 0. The molecule has 3 unspecified atom stereocenters. The predicted octanol–water partition coefficient (Wildman–Crippen LogP) is 11.2. The Labute approximate surface area is 350 Å². The van der Waals surface area contributed by atoms with Gasteiger partial charge in [0, 0.05) is 17.2 Å². The number of aromatic nitrogens is 1. The average molecular weight is 811 g/mol. The van der Waals surface area contributed by atoms with E-state index in [4.69, 9.17) is 9.47 Å². The average Bonchev–Trinajstić information content (AvgIpc) is 3.74. The van der Waals surface area contributed by atoms with Gasteiger partial charge in [-0.15, -0.1) is 0 Å². The Hall–Kier alpha value is -4.01. The third-order valence-corrected chi connectivity index (χ3v) is 15.6. The van der Waals surface area contributed by atoms with Crippen LogP contribution in [0.2, 0.25) is 0 Å². The molecule has 10 atom stereocenters. The van der Waals surface area contributed by atoms with E-state index in [0.717, 1.165) is 53.7 Å². The fourth-order valence-corrected chi connectivity index (χ4v) is 12.5. The van der Waals surface area contributed by atoms with Crippen LogP contribution in [0.4, 0.5) is 9.18 Å². The molecule has 0 saturated heterocycles. The molecule has 0 radical (unpaired) electrons. The first kappa shape index (κ1) is 43.1. The van der Waals surface area contributed by atoms with Crippen molar-refractivity contribution in [3.8, 4) is 0 Å². The van der Waals surface area contributed by atoms with Crippen molar-refractivity contribution in [2.24, 2.45) is 52.3 Å². The number of para-hydroxylation sites is 2. The van der Waals surface area contributed by atoms with Crippen molar-refractivity contribution < 1.29 is 33.0 Å². The molecule has 59 heavy (non-hydrogen) atoms. The van der Waals surface area contributed by atoms with Crippen molar-refractivity contribution in [2.75, 3.05) is 6.67 Å². The summed E-state index contributed by atoms with van der Waals surface area (Å²) < 4.78 is 27.2. The number of fused-ring (bicyclic) bond motifs is 8. The highest BCUT2D eigenvalue weighted by molar-refractivity contribution is 6.12. The van der Waals surface area contributed by atoms with Crippen molar-refractivity contribution in [1.82, 2.24) is 9.88 Å². The number of hydrogen-bond donors (Lipinski definition) is 1. The van der Waals surface area contributed by atoms with Gasteiger partial charge in [-0.2, -0.15) is 0 Å². The molecular weight excluding hydrogens is 744 g/mol. The third kappa shape index (κ3) is 8.38. The second-order valence-electron chi connectivity index (χ2n) is 19.9. The molecule has 1 amide bonds. The number of hydrogen-bond acceptors (Lipinski definition) is 6. The fraction of sp³-hybridized carbons (Fsp3) is 0.640. The van der Waals surface area contributed by atoms with Gasteiger partial charge in [-0.05, 0) is 109 Å². The molecule has 7 rings (SSSR count). The maximum atomic E-state index is 13.9. The first-order chi connectivity index (χ1) is 28.2. The number of carbonyl (C=O) groups excluding carboxylic acids is 4. The first-order valence-corrected chi connectivity index (χ1v) is 22.6. The van der Waals surface area contributed by atoms with Gasteiger partial charge in [0.15, 0.2) is 11.9 Å². The maximum Gasteiger partial charge on any atom is 0.419 e. The van der Waals surface area contributed by atoms with E-state index in [0.29, 0.717) is 34.7 Å². The van der Waals surface area contributed by atoms with Crippen LogP contribution in [0.15, 0.2) is 60.2 Å². The summed E-state index contributed by atoms with van der Waals surface area (Å²) in [4.78, 5) is 53.7. The molecule has 2 aromatic carbocycles. The number of benzene rings is 2. The maximum absolute atomic E-state index is 13.9. The van der Waals surface area contributed by atoms with Gasteiger partial charge >= 0.3 is 12.1 Å². The zero-order valence-electron chi connectivity index (χ0n) is 36.4. The van der Waals surface area contributed by atoms with Gasteiger partial charge in [0.25, 0.3) is 5.91 Å². The van der Waals surface area contributed by atoms with E-state index in [1.54, 1.807) is 13.8 Å². The van der Waals surface area contributed by atoms with Gasteiger partial charge in [0.05, 0.1) is 17.5 Å². The molecule has 3 saturated carbocycles. The molecule has 1 N–H and O–H groups in total. The molecule has 4 aliphatic carbocycles. The SMILES string of the molecule is CC(C)CCC[C@@H](C)[C@H]1CCC2[C@@H]3CC=C4C[C@@H](OC(=O)CC(NC(=O)C(OC(=O)n5c6ccccc6c6ccccc65)C(C)C)C(=O)CF)CC[C@]4(C)[C@H]3CC[C@@]21C. The summed E-state index contributed by atoms with van der Waals surface area (Å²) in [5.41, 5.74) is 3.14. The summed E-state index contributed by atoms with van der Waals surface area (Å²) in [5.74, 6) is 1.58. The molecule has 1 aromatic heterocycles. The van der Waals surface area contributed by atoms with Crippen molar-refractivity contribution in [1.29, 1.82) is 0 Å². The second kappa shape index (κ2) is 17.5. The Balaban J connectivity index is 0.972. The standard InChI is InChI=1S/C50H67FN2O6/c1-30(2)13-12-14-32(5)38-21-22-39-37-20-19-33-27-34(23-25-49(33,6)40(37)24-26-50(38,39)7)58-45(55)28-41(44(54)29-51)52-47(56)46(31(3)4)59-48(57)53-42-17-10-8-15-35(42)36-16-9-11-18-43(36)53/h8-11,15-19,30-32,34,37-41,46H,12-14,20-29H2,1-7H3,(H,52,56)/t32-,34+,37+,38-,39?,40+,41?,46?,49+,50-/m1/s1. The molecular formula is C50H67FN2O6. The van der Waals surface area contributed by atoms with Crippen LogP contribution >= 0.6 is 0 Å². The fourth-order valence-electron chi connectivity index (χ4n) is 12.5. The van der Waals surface area contributed by atoms with Gasteiger partial charge < -0.3 is 14.8 Å². The van der Waals surface area contributed by atoms with Crippen LogP contribution in [0.5, 0.6) is 0 Å². The Bertz CT molecular complexity index is 2020. The lowest BCUT2D eigenvalue weighted by Crippen LogP contribution is -2.51. The van der Waals surface area contributed by atoms with Crippen LogP contribution in [0.3, 0.4) is 0 Å². The van der Waals surface area contributed by atoms with Crippen LogP contribution in [-0.4, -0.2) is 53.2 Å². The lowest BCUT2D eigenvalue weighted by molar-refractivity contribution is -0.153. The number of ether oxygens (including phenoxy) is 2. The van der Waals surface area contributed by atoms with E-state index in [9.17, 15) is 23.6 Å². The summed E-state index contributed by atoms with van der Waals surface area (Å²) in [6, 6.07) is 13.4. The Morgan fingerprint density at radius 2 is 1.54 bits per heavy atom. The number of amides is 1. The molecule has 0 bridgehead atoms. The van der Waals surface area contributed by atoms with Gasteiger partial charge in [-0.1, -0.05) is 116 Å². The zero-order chi connectivity index (χ0) is 42.2. The molecule has 3 aromatic rings. The molecule has 9 heteroatoms. The van der Waals surface area contributed by atoms with E-state index in [1.807, 2.05) is 48.5 Å². The predicted molar refractivity (Wildman–Crippen MR) is 230 cm³/mol. The van der Waals surface area contributed by atoms with Crippen LogP contribution < -0.4 is 5.32 Å². The van der Waals surface area contributed by atoms with Crippen molar-refractivity contribution >= 4 is 45.6 Å². The number of nitrogens with zero attached hydrogens (tertiary/aromatic N) is 1. The summed E-state index contributed by atoms with van der Waals surface area (Å²) in [6.45, 7) is 14.3. The monoisotopic (exact) mass is 810 g/mol. The normalized spacial score (nSPS) is 29.3. The van der Waals surface area contributed by atoms with E-state index in [1.165, 1.54) is 55.1 Å². The number of alkyl halides is 1. The number of allylic oxidation sites excluding steroid dienone is 1. The largest absolute Gasteiger partial charge is 0.462 e.